The van der Waals surface area contributed by atoms with E-state index in [0.717, 1.165) is 12.5 Å². The van der Waals surface area contributed by atoms with Gasteiger partial charge in [-0.25, -0.2) is 0 Å². The quantitative estimate of drug-likeness (QED) is 0.572. The SMILES string of the molecule is [c]1ccnn1CC1CC1. The lowest BCUT2D eigenvalue weighted by Crippen LogP contribution is -1.99. The maximum atomic E-state index is 4.06. The minimum Gasteiger partial charge on any atom is -0.263 e. The zero-order valence-electron chi connectivity index (χ0n) is 5.25. The smallest absolute Gasteiger partial charge is 0.0863 e. The summed E-state index contributed by atoms with van der Waals surface area (Å²) < 4.78 is 1.89. The highest BCUT2D eigenvalue weighted by molar-refractivity contribution is 4.79. The van der Waals surface area contributed by atoms with Crippen molar-refractivity contribution in [2.75, 3.05) is 0 Å². The number of hydrogen-bond donors (Lipinski definition) is 0. The number of rotatable bonds is 2. The number of hydrogen-bond acceptors (Lipinski definition) is 1. The zero-order chi connectivity index (χ0) is 6.10. The van der Waals surface area contributed by atoms with E-state index in [2.05, 4.69) is 11.3 Å². The van der Waals surface area contributed by atoms with Gasteiger partial charge in [0, 0.05) is 12.7 Å². The van der Waals surface area contributed by atoms with Crippen LogP contribution >= 0.6 is 0 Å². The van der Waals surface area contributed by atoms with E-state index < -0.39 is 0 Å². The van der Waals surface area contributed by atoms with E-state index in [4.69, 9.17) is 0 Å². The number of aromatic nitrogens is 2. The number of nitrogens with zero attached hydrogens (tertiary/aromatic N) is 2. The van der Waals surface area contributed by atoms with Crippen molar-refractivity contribution in [2.24, 2.45) is 5.92 Å². The second kappa shape index (κ2) is 1.87. The standard InChI is InChI=1S/C7H9N2/c1-4-8-9(5-1)6-7-2-3-7/h1,4,7H,2-3,6H2. The molecule has 0 atom stereocenters. The average Bonchev–Trinajstić information content (AvgIpc) is 2.46. The molecule has 0 saturated heterocycles. The maximum Gasteiger partial charge on any atom is 0.0863 e. The van der Waals surface area contributed by atoms with Gasteiger partial charge in [0.25, 0.3) is 0 Å². The van der Waals surface area contributed by atoms with Crippen LogP contribution in [0.1, 0.15) is 12.8 Å². The molecule has 0 aromatic carbocycles. The van der Waals surface area contributed by atoms with Crippen LogP contribution in [0, 0.1) is 12.1 Å². The van der Waals surface area contributed by atoms with Crippen LogP contribution in [-0.2, 0) is 6.54 Å². The second-order valence-electron chi connectivity index (χ2n) is 2.59. The molecule has 2 rings (SSSR count). The van der Waals surface area contributed by atoms with Gasteiger partial charge in [-0.05, 0) is 24.8 Å². The Bertz CT molecular complexity index is 175. The lowest BCUT2D eigenvalue weighted by Gasteiger charge is -1.94. The average molecular weight is 121 g/mol. The third-order valence-electron chi connectivity index (χ3n) is 1.63. The Hall–Kier alpha value is -0.790. The molecular formula is C7H9N2. The van der Waals surface area contributed by atoms with Gasteiger partial charge in [0.2, 0.25) is 0 Å². The largest absolute Gasteiger partial charge is 0.263 e. The first kappa shape index (κ1) is 5.03. The van der Waals surface area contributed by atoms with Crippen molar-refractivity contribution in [1.29, 1.82) is 0 Å². The molecule has 1 radical (unpaired) electrons. The molecule has 2 heteroatoms. The highest BCUT2D eigenvalue weighted by Gasteiger charge is 2.21. The first-order chi connectivity index (χ1) is 4.45. The van der Waals surface area contributed by atoms with Crippen molar-refractivity contribution >= 4 is 0 Å². The van der Waals surface area contributed by atoms with Crippen molar-refractivity contribution in [3.05, 3.63) is 18.5 Å². The summed E-state index contributed by atoms with van der Waals surface area (Å²) in [6, 6.07) is 1.85. The predicted molar refractivity (Wildman–Crippen MR) is 33.8 cm³/mol. The lowest BCUT2D eigenvalue weighted by molar-refractivity contribution is 0.560. The van der Waals surface area contributed by atoms with Gasteiger partial charge in [0.15, 0.2) is 0 Å². The van der Waals surface area contributed by atoms with Crippen molar-refractivity contribution in [3.8, 4) is 0 Å². The minimum atomic E-state index is 0.904. The Kier molecular flexibility index (Phi) is 1.04. The van der Waals surface area contributed by atoms with E-state index in [0.29, 0.717) is 0 Å². The van der Waals surface area contributed by atoms with Crippen LogP contribution in [0.3, 0.4) is 0 Å². The fourth-order valence-corrected chi connectivity index (χ4v) is 0.911. The second-order valence-corrected chi connectivity index (χ2v) is 2.59. The molecule has 0 spiro atoms. The molecular weight excluding hydrogens is 112 g/mol. The van der Waals surface area contributed by atoms with E-state index in [1.165, 1.54) is 12.8 Å². The molecule has 0 N–H and O–H groups in total. The minimum absolute atomic E-state index is 0.904. The Morgan fingerprint density at radius 1 is 1.67 bits per heavy atom. The molecule has 1 aromatic heterocycles. The van der Waals surface area contributed by atoms with Crippen LogP contribution in [0.2, 0.25) is 0 Å². The van der Waals surface area contributed by atoms with Crippen LogP contribution in [0.25, 0.3) is 0 Å². The Morgan fingerprint density at radius 2 is 2.56 bits per heavy atom. The first-order valence-corrected chi connectivity index (χ1v) is 3.34. The molecule has 2 nitrogen and oxygen atoms in total. The molecule has 1 aliphatic carbocycles. The van der Waals surface area contributed by atoms with Crippen LogP contribution in [0.5, 0.6) is 0 Å². The molecule has 1 fully saturated rings. The molecule has 1 aromatic rings. The molecule has 0 unspecified atom stereocenters. The van der Waals surface area contributed by atoms with Crippen molar-refractivity contribution in [1.82, 2.24) is 9.78 Å². The predicted octanol–water partition coefficient (Wildman–Crippen LogP) is 1.09. The van der Waals surface area contributed by atoms with E-state index in [1.807, 2.05) is 10.7 Å². The van der Waals surface area contributed by atoms with Gasteiger partial charge in [-0.15, -0.1) is 0 Å². The van der Waals surface area contributed by atoms with Gasteiger partial charge in [-0.1, -0.05) is 0 Å². The normalized spacial score (nSPS) is 18.2. The molecule has 0 aliphatic heterocycles. The molecule has 0 bridgehead atoms. The third kappa shape index (κ3) is 1.12. The van der Waals surface area contributed by atoms with Gasteiger partial charge in [0.05, 0.1) is 6.20 Å². The lowest BCUT2D eigenvalue weighted by atomic mass is 10.4. The summed E-state index contributed by atoms with van der Waals surface area (Å²) in [4.78, 5) is 0. The van der Waals surface area contributed by atoms with Crippen LogP contribution in [0.4, 0.5) is 0 Å². The van der Waals surface area contributed by atoms with Crippen molar-refractivity contribution in [3.63, 3.8) is 0 Å². The van der Waals surface area contributed by atoms with Gasteiger partial charge in [0.1, 0.15) is 0 Å². The van der Waals surface area contributed by atoms with Gasteiger partial charge in [-0.3, -0.25) is 4.68 Å². The highest BCUT2D eigenvalue weighted by atomic mass is 15.3. The Morgan fingerprint density at radius 3 is 3.11 bits per heavy atom. The van der Waals surface area contributed by atoms with E-state index in [1.54, 1.807) is 6.20 Å². The summed E-state index contributed by atoms with van der Waals surface area (Å²) in [5.41, 5.74) is 0. The summed E-state index contributed by atoms with van der Waals surface area (Å²) in [7, 11) is 0. The highest BCUT2D eigenvalue weighted by Crippen LogP contribution is 2.29. The monoisotopic (exact) mass is 121 g/mol. The van der Waals surface area contributed by atoms with Gasteiger partial charge >= 0.3 is 0 Å². The maximum absolute atomic E-state index is 4.06. The van der Waals surface area contributed by atoms with Crippen LogP contribution in [-0.4, -0.2) is 9.78 Å². The molecule has 47 valence electrons. The van der Waals surface area contributed by atoms with Gasteiger partial charge < -0.3 is 0 Å². The summed E-state index contributed by atoms with van der Waals surface area (Å²) in [5.74, 6) is 0.904. The summed E-state index contributed by atoms with van der Waals surface area (Å²) >= 11 is 0. The summed E-state index contributed by atoms with van der Waals surface area (Å²) in [6.07, 6.45) is 7.56. The molecule has 1 saturated carbocycles. The van der Waals surface area contributed by atoms with Gasteiger partial charge in [-0.2, -0.15) is 5.10 Å². The van der Waals surface area contributed by atoms with E-state index in [9.17, 15) is 0 Å². The summed E-state index contributed by atoms with van der Waals surface area (Å²) in [6.45, 7) is 1.08. The van der Waals surface area contributed by atoms with Crippen molar-refractivity contribution < 1.29 is 0 Å². The first-order valence-electron chi connectivity index (χ1n) is 3.34. The van der Waals surface area contributed by atoms with E-state index in [-0.39, 0.29) is 0 Å². The third-order valence-corrected chi connectivity index (χ3v) is 1.63. The zero-order valence-corrected chi connectivity index (χ0v) is 5.25. The summed E-state index contributed by atoms with van der Waals surface area (Å²) in [5, 5.41) is 4.06. The Labute approximate surface area is 54.5 Å². The van der Waals surface area contributed by atoms with Crippen molar-refractivity contribution in [2.45, 2.75) is 19.4 Å². The Balaban J connectivity index is 1.99. The van der Waals surface area contributed by atoms with Crippen LogP contribution < -0.4 is 0 Å². The topological polar surface area (TPSA) is 17.8 Å². The molecule has 1 heterocycles. The van der Waals surface area contributed by atoms with Crippen LogP contribution in [0.15, 0.2) is 12.3 Å². The van der Waals surface area contributed by atoms with E-state index >= 15 is 0 Å². The fourth-order valence-electron chi connectivity index (χ4n) is 0.911. The molecule has 9 heavy (non-hydrogen) atoms. The fraction of sp³-hybridized carbons (Fsp3) is 0.571. The molecule has 0 amide bonds. The molecule has 1 aliphatic rings.